The van der Waals surface area contributed by atoms with E-state index in [2.05, 4.69) is 27.2 Å². The topological polar surface area (TPSA) is 58.6 Å². The van der Waals surface area contributed by atoms with Gasteiger partial charge in [-0.2, -0.15) is 0 Å². The molecule has 140 valence electrons. The van der Waals surface area contributed by atoms with E-state index < -0.39 is 0 Å². The van der Waals surface area contributed by atoms with Crippen LogP contribution >= 0.6 is 0 Å². The summed E-state index contributed by atoms with van der Waals surface area (Å²) in [4.78, 5) is 8.72. The SMILES string of the molecule is CN=C(NCC1CN(C)CCO1)N(C)Cc1ccc(OC)cc1OC. The molecule has 0 spiro atoms. The number of benzene rings is 1. The van der Waals surface area contributed by atoms with E-state index in [0.717, 1.165) is 49.3 Å². The van der Waals surface area contributed by atoms with E-state index in [1.165, 1.54) is 0 Å². The van der Waals surface area contributed by atoms with Crippen molar-refractivity contribution in [3.63, 3.8) is 0 Å². The van der Waals surface area contributed by atoms with Crippen molar-refractivity contribution < 1.29 is 14.2 Å². The quantitative estimate of drug-likeness (QED) is 0.611. The fourth-order valence-electron chi connectivity index (χ4n) is 2.89. The number of guanidine groups is 1. The highest BCUT2D eigenvalue weighted by atomic mass is 16.5. The zero-order valence-electron chi connectivity index (χ0n) is 15.9. The van der Waals surface area contributed by atoms with Crippen LogP contribution in [0.1, 0.15) is 5.56 Å². The normalized spacial score (nSPS) is 18.8. The average Bonchev–Trinajstić information content (AvgIpc) is 2.62. The molecule has 7 nitrogen and oxygen atoms in total. The Hall–Kier alpha value is -1.99. The first kappa shape index (κ1) is 19.3. The lowest BCUT2D eigenvalue weighted by Gasteiger charge is -2.31. The Morgan fingerprint density at radius 3 is 2.84 bits per heavy atom. The van der Waals surface area contributed by atoms with Crippen molar-refractivity contribution in [3.05, 3.63) is 23.8 Å². The van der Waals surface area contributed by atoms with Crippen LogP contribution in [0.4, 0.5) is 0 Å². The number of aliphatic imine (C=N–C) groups is 1. The predicted molar refractivity (Wildman–Crippen MR) is 99.6 cm³/mol. The summed E-state index contributed by atoms with van der Waals surface area (Å²) in [7, 11) is 9.23. The molecule has 1 aromatic rings. The Labute approximate surface area is 150 Å². The molecule has 2 rings (SSSR count). The smallest absolute Gasteiger partial charge is 0.193 e. The molecular formula is C18H30N4O3. The maximum Gasteiger partial charge on any atom is 0.193 e. The van der Waals surface area contributed by atoms with E-state index in [1.54, 1.807) is 21.3 Å². The Kier molecular flexibility index (Phi) is 7.33. The third-order valence-electron chi connectivity index (χ3n) is 4.30. The zero-order chi connectivity index (χ0) is 18.2. The number of morpholine rings is 1. The second-order valence-corrected chi connectivity index (χ2v) is 6.22. The molecule has 1 aliphatic rings. The van der Waals surface area contributed by atoms with Crippen molar-refractivity contribution in [1.29, 1.82) is 0 Å². The van der Waals surface area contributed by atoms with E-state index in [1.807, 2.05) is 25.2 Å². The molecule has 1 heterocycles. The number of hydrogen-bond donors (Lipinski definition) is 1. The number of nitrogens with one attached hydrogen (secondary N) is 1. The van der Waals surface area contributed by atoms with Gasteiger partial charge in [0.1, 0.15) is 11.5 Å². The fourth-order valence-corrected chi connectivity index (χ4v) is 2.89. The maximum atomic E-state index is 5.79. The predicted octanol–water partition coefficient (Wildman–Crippen LogP) is 1.04. The lowest BCUT2D eigenvalue weighted by molar-refractivity contribution is -0.0163. The molecule has 1 fully saturated rings. The lowest BCUT2D eigenvalue weighted by atomic mass is 10.2. The highest BCUT2D eigenvalue weighted by Crippen LogP contribution is 2.25. The summed E-state index contributed by atoms with van der Waals surface area (Å²) in [6, 6.07) is 5.85. The zero-order valence-corrected chi connectivity index (χ0v) is 15.9. The van der Waals surface area contributed by atoms with E-state index in [0.29, 0.717) is 6.54 Å². The van der Waals surface area contributed by atoms with E-state index in [-0.39, 0.29) is 6.10 Å². The molecule has 1 aliphatic heterocycles. The molecule has 0 bridgehead atoms. The van der Waals surface area contributed by atoms with E-state index in [4.69, 9.17) is 14.2 Å². The largest absolute Gasteiger partial charge is 0.497 e. The van der Waals surface area contributed by atoms with Gasteiger partial charge in [-0.05, 0) is 19.2 Å². The van der Waals surface area contributed by atoms with Crippen LogP contribution in [0.15, 0.2) is 23.2 Å². The third kappa shape index (κ3) is 5.51. The highest BCUT2D eigenvalue weighted by Gasteiger charge is 2.19. The molecule has 25 heavy (non-hydrogen) atoms. The summed E-state index contributed by atoms with van der Waals surface area (Å²) in [6.07, 6.45) is 0.180. The molecular weight excluding hydrogens is 320 g/mol. The summed E-state index contributed by atoms with van der Waals surface area (Å²) < 4.78 is 16.5. The molecule has 0 aromatic heterocycles. The highest BCUT2D eigenvalue weighted by molar-refractivity contribution is 5.79. The summed E-state index contributed by atoms with van der Waals surface area (Å²) in [5, 5.41) is 3.40. The Bertz CT molecular complexity index is 579. The van der Waals surface area contributed by atoms with Gasteiger partial charge in [0.2, 0.25) is 0 Å². The first-order valence-electron chi connectivity index (χ1n) is 8.50. The minimum Gasteiger partial charge on any atom is -0.497 e. The molecule has 0 amide bonds. The van der Waals surface area contributed by atoms with Crippen LogP contribution in [0.25, 0.3) is 0 Å². The molecule has 1 unspecified atom stereocenters. The second-order valence-electron chi connectivity index (χ2n) is 6.22. The van der Waals surface area contributed by atoms with Gasteiger partial charge < -0.3 is 29.3 Å². The first-order valence-corrected chi connectivity index (χ1v) is 8.50. The van der Waals surface area contributed by atoms with E-state index in [9.17, 15) is 0 Å². The number of ether oxygens (including phenoxy) is 3. The van der Waals surface area contributed by atoms with Gasteiger partial charge in [-0.25, -0.2) is 0 Å². The number of hydrogen-bond acceptors (Lipinski definition) is 5. The van der Waals surface area contributed by atoms with Gasteiger partial charge in [0.05, 0.1) is 26.9 Å². The Morgan fingerprint density at radius 1 is 1.40 bits per heavy atom. The van der Waals surface area contributed by atoms with Crippen LogP contribution in [0.2, 0.25) is 0 Å². The first-order chi connectivity index (χ1) is 12.1. The van der Waals surface area contributed by atoms with Crippen LogP contribution in [0.5, 0.6) is 11.5 Å². The van der Waals surface area contributed by atoms with Gasteiger partial charge in [0.15, 0.2) is 5.96 Å². The van der Waals surface area contributed by atoms with Crippen molar-refractivity contribution in [3.8, 4) is 11.5 Å². The average molecular weight is 350 g/mol. The molecule has 1 saturated heterocycles. The van der Waals surface area contributed by atoms with Crippen LogP contribution in [-0.2, 0) is 11.3 Å². The van der Waals surface area contributed by atoms with Crippen LogP contribution < -0.4 is 14.8 Å². The number of rotatable bonds is 6. The molecule has 1 N–H and O–H groups in total. The van der Waals surface area contributed by atoms with Gasteiger partial charge in [-0.15, -0.1) is 0 Å². The van der Waals surface area contributed by atoms with Crippen LogP contribution in [-0.4, -0.2) is 83.5 Å². The van der Waals surface area contributed by atoms with Crippen molar-refractivity contribution in [2.24, 2.45) is 4.99 Å². The summed E-state index contributed by atoms with van der Waals surface area (Å²) >= 11 is 0. The van der Waals surface area contributed by atoms with Gasteiger partial charge in [-0.1, -0.05) is 0 Å². The maximum absolute atomic E-state index is 5.79. The third-order valence-corrected chi connectivity index (χ3v) is 4.30. The van der Waals surface area contributed by atoms with Crippen LogP contribution in [0.3, 0.4) is 0 Å². The Morgan fingerprint density at radius 2 is 2.20 bits per heavy atom. The van der Waals surface area contributed by atoms with Gasteiger partial charge in [-0.3, -0.25) is 4.99 Å². The minimum absolute atomic E-state index is 0.180. The fraction of sp³-hybridized carbons (Fsp3) is 0.611. The summed E-state index contributed by atoms with van der Waals surface area (Å²) in [5.74, 6) is 2.41. The summed E-state index contributed by atoms with van der Waals surface area (Å²) in [5.41, 5.74) is 1.07. The summed E-state index contributed by atoms with van der Waals surface area (Å²) in [6.45, 7) is 4.11. The molecule has 1 aromatic carbocycles. The minimum atomic E-state index is 0.180. The Balaban J connectivity index is 1.94. The number of likely N-dealkylation sites (N-methyl/N-ethyl adjacent to an activating group) is 1. The number of methoxy groups -OCH3 is 2. The molecule has 0 aliphatic carbocycles. The van der Waals surface area contributed by atoms with Crippen molar-refractivity contribution in [2.75, 3.05) is 61.6 Å². The number of nitrogens with zero attached hydrogens (tertiary/aromatic N) is 3. The lowest BCUT2D eigenvalue weighted by Crippen LogP contribution is -2.48. The van der Waals surface area contributed by atoms with Crippen molar-refractivity contribution in [1.82, 2.24) is 15.1 Å². The standard InChI is InChI=1S/C18H30N4O3/c1-19-18(20-11-16-13-21(2)8-9-25-16)22(3)12-14-6-7-15(23-4)10-17(14)24-5/h6-7,10,16H,8-9,11-13H2,1-5H3,(H,19,20). The van der Waals surface area contributed by atoms with Gasteiger partial charge >= 0.3 is 0 Å². The van der Waals surface area contributed by atoms with E-state index >= 15 is 0 Å². The van der Waals surface area contributed by atoms with Gasteiger partial charge in [0, 0.05) is 51.9 Å². The van der Waals surface area contributed by atoms with Crippen LogP contribution in [0, 0.1) is 0 Å². The molecule has 7 heteroatoms. The molecule has 0 saturated carbocycles. The van der Waals surface area contributed by atoms with Gasteiger partial charge in [0.25, 0.3) is 0 Å². The molecule has 1 atom stereocenters. The molecule has 0 radical (unpaired) electrons. The second kappa shape index (κ2) is 9.48. The van der Waals surface area contributed by atoms with Crippen molar-refractivity contribution in [2.45, 2.75) is 12.6 Å². The monoisotopic (exact) mass is 350 g/mol. The van der Waals surface area contributed by atoms with Crippen molar-refractivity contribution >= 4 is 5.96 Å².